The Morgan fingerprint density at radius 1 is 1.06 bits per heavy atom. The SMILES string of the molecule is O=S(=O)(O)c1ccccc1CCc1cccs1. The average molecular weight is 268 g/mol. The normalized spacial score (nSPS) is 11.6. The maximum atomic E-state index is 11.2. The zero-order valence-electron chi connectivity index (χ0n) is 9.04. The Hall–Kier alpha value is -1.17. The van der Waals surface area contributed by atoms with Crippen LogP contribution in [0.3, 0.4) is 0 Å². The van der Waals surface area contributed by atoms with Crippen LogP contribution in [-0.2, 0) is 23.0 Å². The fraction of sp³-hybridized carbons (Fsp3) is 0.167. The van der Waals surface area contributed by atoms with Gasteiger partial charge in [0.05, 0.1) is 4.90 Å². The van der Waals surface area contributed by atoms with E-state index in [2.05, 4.69) is 0 Å². The zero-order valence-corrected chi connectivity index (χ0v) is 10.7. The highest BCUT2D eigenvalue weighted by Gasteiger charge is 2.14. The maximum Gasteiger partial charge on any atom is 0.294 e. The van der Waals surface area contributed by atoms with Crippen LogP contribution >= 0.6 is 11.3 Å². The molecule has 17 heavy (non-hydrogen) atoms. The molecule has 0 fully saturated rings. The highest BCUT2D eigenvalue weighted by molar-refractivity contribution is 7.85. The fourth-order valence-electron chi connectivity index (χ4n) is 1.67. The van der Waals surface area contributed by atoms with Crippen LogP contribution in [0.4, 0.5) is 0 Å². The Kier molecular flexibility index (Phi) is 3.61. The summed E-state index contributed by atoms with van der Waals surface area (Å²) in [6, 6.07) is 10.5. The second-order valence-electron chi connectivity index (χ2n) is 3.66. The first kappa shape index (κ1) is 12.3. The van der Waals surface area contributed by atoms with Crippen molar-refractivity contribution < 1.29 is 13.0 Å². The molecule has 0 amide bonds. The van der Waals surface area contributed by atoms with Crippen LogP contribution in [0.25, 0.3) is 0 Å². The molecular weight excluding hydrogens is 256 g/mol. The number of aryl methyl sites for hydroxylation is 2. The summed E-state index contributed by atoms with van der Waals surface area (Å²) >= 11 is 1.64. The molecule has 0 aliphatic rings. The van der Waals surface area contributed by atoms with Crippen molar-refractivity contribution >= 4 is 21.5 Å². The zero-order chi connectivity index (χ0) is 12.3. The molecule has 0 radical (unpaired) electrons. The van der Waals surface area contributed by atoms with Crippen LogP contribution in [0.1, 0.15) is 10.4 Å². The molecule has 0 aliphatic carbocycles. The monoisotopic (exact) mass is 268 g/mol. The molecular formula is C12H12O3S2. The van der Waals surface area contributed by atoms with Gasteiger partial charge in [-0.3, -0.25) is 4.55 Å². The Bertz CT molecular complexity index is 586. The standard InChI is InChI=1S/C12H12O3S2/c13-17(14,15)12-6-2-1-4-10(12)7-8-11-5-3-9-16-11/h1-6,9H,7-8H2,(H,13,14,15). The molecule has 0 aliphatic heterocycles. The van der Waals surface area contributed by atoms with Gasteiger partial charge in [-0.15, -0.1) is 11.3 Å². The van der Waals surface area contributed by atoms with Crippen LogP contribution in [0, 0.1) is 0 Å². The number of hydrogen-bond donors (Lipinski definition) is 1. The molecule has 5 heteroatoms. The summed E-state index contributed by atoms with van der Waals surface area (Å²) in [7, 11) is -4.12. The number of hydrogen-bond acceptors (Lipinski definition) is 3. The summed E-state index contributed by atoms with van der Waals surface area (Å²) in [6.07, 6.45) is 1.39. The first-order valence-electron chi connectivity index (χ1n) is 5.15. The molecule has 0 saturated heterocycles. The van der Waals surface area contributed by atoms with E-state index in [0.717, 1.165) is 6.42 Å². The van der Waals surface area contributed by atoms with Gasteiger partial charge in [0, 0.05) is 4.88 Å². The van der Waals surface area contributed by atoms with Gasteiger partial charge in [0.15, 0.2) is 0 Å². The predicted molar refractivity (Wildman–Crippen MR) is 68.0 cm³/mol. The lowest BCUT2D eigenvalue weighted by Gasteiger charge is -2.05. The van der Waals surface area contributed by atoms with Crippen molar-refractivity contribution in [1.29, 1.82) is 0 Å². The lowest BCUT2D eigenvalue weighted by molar-refractivity contribution is 0.482. The van der Waals surface area contributed by atoms with Gasteiger partial charge >= 0.3 is 0 Å². The molecule has 1 N–H and O–H groups in total. The Morgan fingerprint density at radius 2 is 1.82 bits per heavy atom. The molecule has 1 heterocycles. The molecule has 2 aromatic rings. The van der Waals surface area contributed by atoms with Crippen molar-refractivity contribution in [2.75, 3.05) is 0 Å². The van der Waals surface area contributed by atoms with Gasteiger partial charge in [-0.05, 0) is 35.9 Å². The van der Waals surface area contributed by atoms with Crippen molar-refractivity contribution in [2.24, 2.45) is 0 Å². The van der Waals surface area contributed by atoms with Gasteiger partial charge in [0.1, 0.15) is 0 Å². The number of rotatable bonds is 4. The van der Waals surface area contributed by atoms with E-state index in [-0.39, 0.29) is 4.90 Å². The van der Waals surface area contributed by atoms with Gasteiger partial charge in [-0.2, -0.15) is 8.42 Å². The molecule has 0 unspecified atom stereocenters. The third-order valence-electron chi connectivity index (χ3n) is 2.47. The van der Waals surface area contributed by atoms with Gasteiger partial charge in [-0.1, -0.05) is 24.3 Å². The Balaban J connectivity index is 2.22. The molecule has 0 saturated carbocycles. The number of benzene rings is 1. The smallest absolute Gasteiger partial charge is 0.282 e. The van der Waals surface area contributed by atoms with E-state index in [1.165, 1.54) is 10.9 Å². The van der Waals surface area contributed by atoms with Crippen molar-refractivity contribution in [1.82, 2.24) is 0 Å². The summed E-state index contributed by atoms with van der Waals surface area (Å²) < 4.78 is 31.4. The second-order valence-corrected chi connectivity index (χ2v) is 6.08. The Labute approximate surface area is 104 Å². The molecule has 0 bridgehead atoms. The van der Waals surface area contributed by atoms with Gasteiger partial charge in [-0.25, -0.2) is 0 Å². The topological polar surface area (TPSA) is 54.4 Å². The minimum atomic E-state index is -4.12. The second kappa shape index (κ2) is 5.00. The predicted octanol–water partition coefficient (Wildman–Crippen LogP) is 2.78. The van der Waals surface area contributed by atoms with Crippen LogP contribution < -0.4 is 0 Å². The minimum Gasteiger partial charge on any atom is -0.282 e. The third kappa shape index (κ3) is 3.15. The molecule has 2 rings (SSSR count). The van der Waals surface area contributed by atoms with Gasteiger partial charge in [0.2, 0.25) is 0 Å². The minimum absolute atomic E-state index is 0.0107. The largest absolute Gasteiger partial charge is 0.294 e. The van der Waals surface area contributed by atoms with Crippen molar-refractivity contribution in [2.45, 2.75) is 17.7 Å². The first-order valence-corrected chi connectivity index (χ1v) is 7.47. The summed E-state index contributed by atoms with van der Waals surface area (Å²) in [6.45, 7) is 0. The van der Waals surface area contributed by atoms with Crippen LogP contribution in [-0.4, -0.2) is 13.0 Å². The maximum absolute atomic E-state index is 11.2. The molecule has 0 atom stereocenters. The first-order chi connectivity index (χ1) is 8.07. The van der Waals surface area contributed by atoms with E-state index < -0.39 is 10.1 Å². The van der Waals surface area contributed by atoms with Crippen LogP contribution in [0.2, 0.25) is 0 Å². The molecule has 1 aromatic heterocycles. The third-order valence-corrected chi connectivity index (χ3v) is 4.36. The van der Waals surface area contributed by atoms with Crippen molar-refractivity contribution in [3.05, 3.63) is 52.2 Å². The van der Waals surface area contributed by atoms with Crippen LogP contribution in [0.5, 0.6) is 0 Å². The van der Waals surface area contributed by atoms with E-state index in [1.807, 2.05) is 17.5 Å². The number of thiophene rings is 1. The highest BCUT2D eigenvalue weighted by Crippen LogP contribution is 2.18. The summed E-state index contributed by atoms with van der Waals surface area (Å²) in [5, 5.41) is 1.99. The van der Waals surface area contributed by atoms with Crippen LogP contribution in [0.15, 0.2) is 46.7 Å². The van der Waals surface area contributed by atoms with Crippen molar-refractivity contribution in [3.63, 3.8) is 0 Å². The Morgan fingerprint density at radius 3 is 2.47 bits per heavy atom. The molecule has 1 aromatic carbocycles. The molecule has 3 nitrogen and oxygen atoms in total. The van der Waals surface area contributed by atoms with E-state index >= 15 is 0 Å². The quantitative estimate of drug-likeness (QED) is 0.867. The lowest BCUT2D eigenvalue weighted by atomic mass is 10.1. The molecule has 0 spiro atoms. The van der Waals surface area contributed by atoms with E-state index in [9.17, 15) is 8.42 Å². The van der Waals surface area contributed by atoms with Gasteiger partial charge < -0.3 is 0 Å². The fourth-order valence-corrected chi connectivity index (χ4v) is 3.14. The van der Waals surface area contributed by atoms with Crippen molar-refractivity contribution in [3.8, 4) is 0 Å². The van der Waals surface area contributed by atoms with E-state index in [1.54, 1.807) is 29.5 Å². The molecule has 90 valence electrons. The lowest BCUT2D eigenvalue weighted by Crippen LogP contribution is -2.03. The summed E-state index contributed by atoms with van der Waals surface area (Å²) in [4.78, 5) is 1.21. The van der Waals surface area contributed by atoms with E-state index in [0.29, 0.717) is 12.0 Å². The summed E-state index contributed by atoms with van der Waals surface area (Å²) in [5.41, 5.74) is 0.656. The van der Waals surface area contributed by atoms with E-state index in [4.69, 9.17) is 4.55 Å². The van der Waals surface area contributed by atoms with Gasteiger partial charge in [0.25, 0.3) is 10.1 Å². The summed E-state index contributed by atoms with van der Waals surface area (Å²) in [5.74, 6) is 0. The average Bonchev–Trinajstić information content (AvgIpc) is 2.78. The highest BCUT2D eigenvalue weighted by atomic mass is 32.2.